The normalized spacial score (nSPS) is 16.1. The molecule has 0 rings (SSSR count). The third kappa shape index (κ3) is 2.01. The first-order valence-electron chi connectivity index (χ1n) is 3.01. The molecule has 1 unspecified atom stereocenters. The van der Waals surface area contributed by atoms with Crippen LogP contribution in [0.5, 0.6) is 0 Å². The Morgan fingerprint density at radius 3 is 2.38 bits per heavy atom. The van der Waals surface area contributed by atoms with Crippen LogP contribution in [0.4, 0.5) is 0 Å². The Labute approximate surface area is 51.0 Å². The quantitative estimate of drug-likeness (QED) is 0.490. The van der Waals surface area contributed by atoms with Gasteiger partial charge in [0.15, 0.2) is 0 Å². The van der Waals surface area contributed by atoms with E-state index in [1.807, 2.05) is 6.92 Å². The molecule has 0 bridgehead atoms. The van der Waals surface area contributed by atoms with Crippen molar-refractivity contribution in [3.05, 3.63) is 11.8 Å². The van der Waals surface area contributed by atoms with Gasteiger partial charge in [0.05, 0.1) is 0 Å². The first kappa shape index (κ1) is 7.54. The summed E-state index contributed by atoms with van der Waals surface area (Å²) in [5.41, 5.74) is 0.951. The van der Waals surface area contributed by atoms with E-state index in [4.69, 9.17) is 0 Å². The maximum atomic E-state index is 10.1. The molecule has 1 heteroatoms. The van der Waals surface area contributed by atoms with Gasteiger partial charge in [-0.15, -0.1) is 0 Å². The first-order chi connectivity index (χ1) is 3.72. The van der Waals surface area contributed by atoms with Crippen molar-refractivity contribution in [1.82, 2.24) is 0 Å². The summed E-state index contributed by atoms with van der Waals surface area (Å²) in [6.07, 6.45) is 2.00. The molecule has 0 saturated carbocycles. The Kier molecular flexibility index (Phi) is 3.33. The van der Waals surface area contributed by atoms with Gasteiger partial charge in [0.25, 0.3) is 0 Å². The fraction of sp³-hybridized carbons (Fsp3) is 0.714. The van der Waals surface area contributed by atoms with Crippen LogP contribution in [-0.4, -0.2) is 0 Å². The van der Waals surface area contributed by atoms with Crippen LogP contribution < -0.4 is 0 Å². The van der Waals surface area contributed by atoms with Crippen molar-refractivity contribution in [2.75, 3.05) is 0 Å². The molecule has 0 saturated heterocycles. The van der Waals surface area contributed by atoms with Crippen LogP contribution in [-0.2, 0) is 5.11 Å². The minimum Gasteiger partial charge on any atom is -0.299 e. The molecular formula is C7H13O. The summed E-state index contributed by atoms with van der Waals surface area (Å²) in [7, 11) is 0. The number of allylic oxidation sites excluding steroid dienone is 1. The largest absolute Gasteiger partial charge is 0.299 e. The van der Waals surface area contributed by atoms with Gasteiger partial charge in [-0.2, -0.15) is 0 Å². The zero-order valence-electron chi connectivity index (χ0n) is 5.77. The molecular weight excluding hydrogens is 100 g/mol. The first-order valence-corrected chi connectivity index (χ1v) is 3.01. The average molecular weight is 113 g/mol. The Bertz CT molecular complexity index is 84.4. The molecule has 0 heterocycles. The van der Waals surface area contributed by atoms with Gasteiger partial charge in [0.2, 0.25) is 0 Å². The van der Waals surface area contributed by atoms with Crippen LogP contribution in [0.25, 0.3) is 0 Å². The summed E-state index contributed by atoms with van der Waals surface area (Å²) >= 11 is 0. The Morgan fingerprint density at radius 2 is 2.25 bits per heavy atom. The molecule has 0 aliphatic rings. The second kappa shape index (κ2) is 3.53. The second-order valence-corrected chi connectivity index (χ2v) is 2.17. The fourth-order valence-electron chi connectivity index (χ4n) is 0.438. The van der Waals surface area contributed by atoms with Crippen LogP contribution in [0.15, 0.2) is 11.8 Å². The molecule has 1 nitrogen and oxygen atoms in total. The van der Waals surface area contributed by atoms with Crippen molar-refractivity contribution in [2.45, 2.75) is 27.2 Å². The molecule has 1 atom stereocenters. The smallest absolute Gasteiger partial charge is 0.142 e. The Balaban J connectivity index is 3.63. The van der Waals surface area contributed by atoms with Gasteiger partial charge in [-0.3, -0.25) is 5.11 Å². The van der Waals surface area contributed by atoms with Crippen LogP contribution in [0.1, 0.15) is 27.2 Å². The molecule has 47 valence electrons. The van der Waals surface area contributed by atoms with Crippen LogP contribution in [0.2, 0.25) is 0 Å². The van der Waals surface area contributed by atoms with E-state index in [0.29, 0.717) is 5.92 Å². The summed E-state index contributed by atoms with van der Waals surface area (Å²) in [5.74, 6) is 0.465. The lowest BCUT2D eigenvalue weighted by molar-refractivity contribution is 0.340. The second-order valence-electron chi connectivity index (χ2n) is 2.17. The highest BCUT2D eigenvalue weighted by Crippen LogP contribution is 2.11. The molecule has 0 amide bonds. The Hall–Kier alpha value is -0.460. The van der Waals surface area contributed by atoms with E-state index in [9.17, 15) is 5.11 Å². The highest BCUT2D eigenvalue weighted by molar-refractivity contribution is 4.96. The van der Waals surface area contributed by atoms with Gasteiger partial charge in [0.1, 0.15) is 6.26 Å². The SMILES string of the molecule is CCC(C)C(C)=C[O]. The molecule has 1 radical (unpaired) electrons. The lowest BCUT2D eigenvalue weighted by Crippen LogP contribution is -1.92. The topological polar surface area (TPSA) is 19.9 Å². The maximum Gasteiger partial charge on any atom is 0.142 e. The van der Waals surface area contributed by atoms with Gasteiger partial charge < -0.3 is 0 Å². The molecule has 0 N–H and O–H groups in total. The van der Waals surface area contributed by atoms with Crippen molar-refractivity contribution in [3.8, 4) is 0 Å². The van der Waals surface area contributed by atoms with E-state index in [2.05, 4.69) is 13.8 Å². The van der Waals surface area contributed by atoms with E-state index < -0.39 is 0 Å². The van der Waals surface area contributed by atoms with E-state index in [1.54, 1.807) is 0 Å². The molecule has 0 aromatic heterocycles. The van der Waals surface area contributed by atoms with Gasteiger partial charge in [-0.1, -0.05) is 13.8 Å². The highest BCUT2D eigenvalue weighted by Gasteiger charge is 1.98. The minimum atomic E-state index is 0.465. The van der Waals surface area contributed by atoms with E-state index in [0.717, 1.165) is 18.3 Å². The standard InChI is InChI=1S/C7H13O/c1-4-6(2)7(3)5-8/h5-6H,4H2,1-3H3. The lowest BCUT2D eigenvalue weighted by atomic mass is 10.0. The zero-order chi connectivity index (χ0) is 6.57. The van der Waals surface area contributed by atoms with Crippen LogP contribution in [0.3, 0.4) is 0 Å². The van der Waals surface area contributed by atoms with Crippen molar-refractivity contribution in [1.29, 1.82) is 0 Å². The molecule has 0 fully saturated rings. The number of rotatable bonds is 2. The molecule has 0 aliphatic carbocycles. The van der Waals surface area contributed by atoms with Crippen molar-refractivity contribution in [3.63, 3.8) is 0 Å². The molecule has 0 spiro atoms. The Morgan fingerprint density at radius 1 is 1.75 bits per heavy atom. The van der Waals surface area contributed by atoms with Crippen LogP contribution in [0, 0.1) is 5.92 Å². The average Bonchev–Trinajstić information content (AvgIpc) is 1.84. The minimum absolute atomic E-state index is 0.465. The number of hydrogen-bond acceptors (Lipinski definition) is 0. The highest BCUT2D eigenvalue weighted by atomic mass is 16.2. The monoisotopic (exact) mass is 113 g/mol. The van der Waals surface area contributed by atoms with Crippen molar-refractivity contribution < 1.29 is 5.11 Å². The maximum absolute atomic E-state index is 10.1. The van der Waals surface area contributed by atoms with Gasteiger partial charge in [-0.25, -0.2) is 0 Å². The molecule has 8 heavy (non-hydrogen) atoms. The van der Waals surface area contributed by atoms with Gasteiger partial charge >= 0.3 is 0 Å². The van der Waals surface area contributed by atoms with E-state index in [1.165, 1.54) is 0 Å². The zero-order valence-corrected chi connectivity index (χ0v) is 5.77. The summed E-state index contributed by atoms with van der Waals surface area (Å²) in [5, 5.41) is 10.1. The lowest BCUT2D eigenvalue weighted by Gasteiger charge is -2.04. The molecule has 0 aliphatic heterocycles. The van der Waals surface area contributed by atoms with Gasteiger partial charge in [-0.05, 0) is 24.8 Å². The summed E-state index contributed by atoms with van der Waals surface area (Å²) in [4.78, 5) is 0. The summed E-state index contributed by atoms with van der Waals surface area (Å²) in [6, 6.07) is 0. The summed E-state index contributed by atoms with van der Waals surface area (Å²) in [6.45, 7) is 6.02. The van der Waals surface area contributed by atoms with Crippen molar-refractivity contribution in [2.24, 2.45) is 5.92 Å². The predicted octanol–water partition coefficient (Wildman–Crippen LogP) is 2.37. The third-order valence-electron chi connectivity index (χ3n) is 1.58. The van der Waals surface area contributed by atoms with Crippen molar-refractivity contribution >= 4 is 0 Å². The molecule has 0 aromatic rings. The van der Waals surface area contributed by atoms with Gasteiger partial charge in [0, 0.05) is 0 Å². The van der Waals surface area contributed by atoms with E-state index in [-0.39, 0.29) is 0 Å². The number of hydrogen-bond donors (Lipinski definition) is 0. The fourth-order valence-corrected chi connectivity index (χ4v) is 0.438. The van der Waals surface area contributed by atoms with E-state index >= 15 is 0 Å². The third-order valence-corrected chi connectivity index (χ3v) is 1.58. The molecule has 0 aromatic carbocycles. The predicted molar refractivity (Wildman–Crippen MR) is 33.9 cm³/mol. The van der Waals surface area contributed by atoms with Crippen LogP contribution >= 0.6 is 0 Å². The summed E-state index contributed by atoms with van der Waals surface area (Å²) < 4.78 is 0.